The summed E-state index contributed by atoms with van der Waals surface area (Å²) in [5.41, 5.74) is 2.44. The molecule has 0 saturated heterocycles. The van der Waals surface area contributed by atoms with Crippen molar-refractivity contribution in [3.05, 3.63) is 39.6 Å². The van der Waals surface area contributed by atoms with Gasteiger partial charge in [-0.15, -0.1) is 0 Å². The summed E-state index contributed by atoms with van der Waals surface area (Å²) in [4.78, 5) is 4.85. The first kappa shape index (κ1) is 12.3. The van der Waals surface area contributed by atoms with E-state index < -0.39 is 5.82 Å². The number of thiazole rings is 1. The second kappa shape index (κ2) is 5.44. The Kier molecular flexibility index (Phi) is 3.93. The number of nitrogen functional groups attached to an aromatic ring is 1. The van der Waals surface area contributed by atoms with Crippen LogP contribution in [0.3, 0.4) is 0 Å². The minimum absolute atomic E-state index is 0.212. The minimum atomic E-state index is -0.402. The van der Waals surface area contributed by atoms with Gasteiger partial charge in [0.15, 0.2) is 16.7 Å². The average Bonchev–Trinajstić information content (AvgIpc) is 2.76. The van der Waals surface area contributed by atoms with Gasteiger partial charge in [0.05, 0.1) is 4.88 Å². The molecule has 1 aromatic heterocycles. The van der Waals surface area contributed by atoms with Crippen molar-refractivity contribution in [2.24, 2.45) is 5.84 Å². The van der Waals surface area contributed by atoms with Crippen LogP contribution in [-0.2, 0) is 6.61 Å². The molecule has 0 fully saturated rings. The third kappa shape index (κ3) is 3.15. The highest BCUT2D eigenvalue weighted by molar-refractivity contribution is 9.10. The van der Waals surface area contributed by atoms with Crippen LogP contribution in [-0.4, -0.2) is 4.98 Å². The number of rotatable bonds is 4. The molecule has 0 radical (unpaired) electrons. The maximum absolute atomic E-state index is 13.4. The van der Waals surface area contributed by atoms with Crippen molar-refractivity contribution < 1.29 is 9.13 Å². The van der Waals surface area contributed by atoms with Gasteiger partial charge in [0.25, 0.3) is 0 Å². The van der Waals surface area contributed by atoms with Crippen molar-refractivity contribution in [3.63, 3.8) is 0 Å². The van der Waals surface area contributed by atoms with E-state index in [1.165, 1.54) is 17.4 Å². The molecule has 0 atom stereocenters. The van der Waals surface area contributed by atoms with E-state index in [2.05, 4.69) is 26.3 Å². The van der Waals surface area contributed by atoms with E-state index in [1.807, 2.05) is 0 Å². The molecule has 0 aliphatic rings. The number of nitrogens with two attached hydrogens (primary N) is 1. The summed E-state index contributed by atoms with van der Waals surface area (Å²) >= 11 is 4.54. The van der Waals surface area contributed by atoms with Crippen molar-refractivity contribution in [2.75, 3.05) is 5.43 Å². The van der Waals surface area contributed by atoms with Gasteiger partial charge < -0.3 is 4.74 Å². The molecule has 2 aromatic rings. The predicted octanol–water partition coefficient (Wildman–Crippen LogP) is 2.91. The number of aromatic nitrogens is 1. The van der Waals surface area contributed by atoms with E-state index >= 15 is 0 Å². The van der Waals surface area contributed by atoms with E-state index in [4.69, 9.17) is 10.6 Å². The molecule has 2 rings (SSSR count). The minimum Gasteiger partial charge on any atom is -0.485 e. The van der Waals surface area contributed by atoms with Gasteiger partial charge in [0.1, 0.15) is 6.61 Å². The third-order valence-corrected chi connectivity index (χ3v) is 3.34. The van der Waals surface area contributed by atoms with Crippen LogP contribution in [0.1, 0.15) is 4.88 Å². The number of anilines is 1. The molecule has 4 nitrogen and oxygen atoms in total. The molecule has 1 heterocycles. The lowest BCUT2D eigenvalue weighted by molar-refractivity contribution is 0.293. The van der Waals surface area contributed by atoms with Crippen LogP contribution in [0.4, 0.5) is 9.52 Å². The van der Waals surface area contributed by atoms with Gasteiger partial charge in [0.2, 0.25) is 0 Å². The molecular formula is C10H9BrFN3OS. The summed E-state index contributed by atoms with van der Waals surface area (Å²) in [5, 5.41) is 0.597. The van der Waals surface area contributed by atoms with Crippen LogP contribution in [0.5, 0.6) is 5.75 Å². The summed E-state index contributed by atoms with van der Waals surface area (Å²) in [6, 6.07) is 4.65. The summed E-state index contributed by atoms with van der Waals surface area (Å²) in [6.45, 7) is 0.262. The fourth-order valence-corrected chi connectivity index (χ4v) is 2.15. The summed E-state index contributed by atoms with van der Waals surface area (Å²) in [7, 11) is 0. The number of hydrogen-bond acceptors (Lipinski definition) is 5. The third-order valence-electron chi connectivity index (χ3n) is 1.94. The molecule has 0 saturated carbocycles. The van der Waals surface area contributed by atoms with Gasteiger partial charge in [-0.3, -0.25) is 5.43 Å². The standard InChI is InChI=1S/C10H9BrFN3OS/c11-6-1-2-9(8(12)3-6)16-5-7-4-14-10(15-13)17-7/h1-4H,5,13H2,(H,14,15). The number of benzene rings is 1. The quantitative estimate of drug-likeness (QED) is 0.672. The van der Waals surface area contributed by atoms with E-state index in [0.717, 1.165) is 4.88 Å². The van der Waals surface area contributed by atoms with Crippen LogP contribution in [0.2, 0.25) is 0 Å². The van der Waals surface area contributed by atoms with Crippen molar-refractivity contribution >= 4 is 32.4 Å². The molecule has 0 unspecified atom stereocenters. The highest BCUT2D eigenvalue weighted by atomic mass is 79.9. The Bertz CT molecular complexity index is 520. The van der Waals surface area contributed by atoms with Gasteiger partial charge in [0, 0.05) is 10.7 Å². The molecule has 0 aliphatic carbocycles. The highest BCUT2D eigenvalue weighted by Crippen LogP contribution is 2.24. The first-order valence-electron chi connectivity index (χ1n) is 4.68. The van der Waals surface area contributed by atoms with Crippen molar-refractivity contribution in [1.82, 2.24) is 4.98 Å². The van der Waals surface area contributed by atoms with Crippen LogP contribution in [0, 0.1) is 5.82 Å². The van der Waals surface area contributed by atoms with Gasteiger partial charge in [-0.25, -0.2) is 15.2 Å². The SMILES string of the molecule is NNc1ncc(COc2ccc(Br)cc2F)s1. The summed E-state index contributed by atoms with van der Waals surface area (Å²) in [5.74, 6) is 5.01. The molecule has 0 bridgehead atoms. The van der Waals surface area contributed by atoms with Gasteiger partial charge >= 0.3 is 0 Å². The Balaban J connectivity index is 2.02. The Labute approximate surface area is 110 Å². The first-order chi connectivity index (χ1) is 8.19. The number of halogens is 2. The fraction of sp³-hybridized carbons (Fsp3) is 0.100. The summed E-state index contributed by atoms with van der Waals surface area (Å²) < 4.78 is 19.4. The van der Waals surface area contributed by atoms with Crippen LogP contribution >= 0.6 is 27.3 Å². The maximum Gasteiger partial charge on any atom is 0.197 e. The second-order valence-electron chi connectivity index (χ2n) is 3.14. The average molecular weight is 318 g/mol. The molecule has 7 heteroatoms. The lowest BCUT2D eigenvalue weighted by Crippen LogP contribution is -2.05. The normalized spacial score (nSPS) is 10.3. The first-order valence-corrected chi connectivity index (χ1v) is 6.29. The highest BCUT2D eigenvalue weighted by Gasteiger charge is 2.06. The van der Waals surface area contributed by atoms with Gasteiger partial charge in [-0.05, 0) is 18.2 Å². The second-order valence-corrected chi connectivity index (χ2v) is 5.17. The molecule has 1 aromatic carbocycles. The van der Waals surface area contributed by atoms with Crippen molar-refractivity contribution in [2.45, 2.75) is 6.61 Å². The molecule has 90 valence electrons. The number of ether oxygens (including phenoxy) is 1. The predicted molar refractivity (Wildman–Crippen MR) is 68.4 cm³/mol. The Morgan fingerprint density at radius 1 is 1.53 bits per heavy atom. The monoisotopic (exact) mass is 317 g/mol. The van der Waals surface area contributed by atoms with Crippen LogP contribution in [0.15, 0.2) is 28.9 Å². The largest absolute Gasteiger partial charge is 0.485 e. The number of hydrogen-bond donors (Lipinski definition) is 2. The molecular weight excluding hydrogens is 309 g/mol. The maximum atomic E-state index is 13.4. The Morgan fingerprint density at radius 2 is 2.35 bits per heavy atom. The van der Waals surface area contributed by atoms with Gasteiger partial charge in [-0.1, -0.05) is 27.3 Å². The van der Waals surface area contributed by atoms with Crippen LogP contribution < -0.4 is 16.0 Å². The smallest absolute Gasteiger partial charge is 0.197 e. The lowest BCUT2D eigenvalue weighted by Gasteiger charge is -2.05. The number of nitrogens with one attached hydrogen (secondary N) is 1. The van der Waals surface area contributed by atoms with Gasteiger partial charge in [-0.2, -0.15) is 0 Å². The van der Waals surface area contributed by atoms with Crippen LogP contribution in [0.25, 0.3) is 0 Å². The molecule has 17 heavy (non-hydrogen) atoms. The van der Waals surface area contributed by atoms with E-state index in [1.54, 1.807) is 18.3 Å². The zero-order chi connectivity index (χ0) is 12.3. The molecule has 0 spiro atoms. The van der Waals surface area contributed by atoms with Crippen molar-refractivity contribution in [1.29, 1.82) is 0 Å². The van der Waals surface area contributed by atoms with Crippen molar-refractivity contribution in [3.8, 4) is 5.75 Å². The number of hydrazine groups is 1. The zero-order valence-electron chi connectivity index (χ0n) is 8.61. The zero-order valence-corrected chi connectivity index (χ0v) is 11.0. The topological polar surface area (TPSA) is 60.2 Å². The Hall–Kier alpha value is -1.18. The van der Waals surface area contributed by atoms with E-state index in [9.17, 15) is 4.39 Å². The fourth-order valence-electron chi connectivity index (χ4n) is 1.18. The number of nitrogens with zero attached hydrogens (tertiary/aromatic N) is 1. The lowest BCUT2D eigenvalue weighted by atomic mass is 10.3. The van der Waals surface area contributed by atoms with E-state index in [0.29, 0.717) is 9.60 Å². The summed E-state index contributed by atoms with van der Waals surface area (Å²) in [6.07, 6.45) is 1.64. The Morgan fingerprint density at radius 3 is 3.00 bits per heavy atom. The molecule has 0 amide bonds. The molecule has 3 N–H and O–H groups in total. The van der Waals surface area contributed by atoms with E-state index in [-0.39, 0.29) is 12.4 Å². The molecule has 0 aliphatic heterocycles.